The van der Waals surface area contributed by atoms with E-state index in [1.165, 1.54) is 18.4 Å². The normalized spacial score (nSPS) is 11.2. The molecular formula is C11H15N3O2S. The average Bonchev–Trinajstić information content (AvgIpc) is 2.29. The van der Waals surface area contributed by atoms with Gasteiger partial charge in [-0.25, -0.2) is 12.7 Å². The van der Waals surface area contributed by atoms with Crippen molar-refractivity contribution in [2.75, 3.05) is 31.7 Å². The number of nitrogens with one attached hydrogen (secondary N) is 1. The van der Waals surface area contributed by atoms with E-state index >= 15 is 0 Å². The molecule has 6 heteroatoms. The van der Waals surface area contributed by atoms with Gasteiger partial charge in [0.15, 0.2) is 0 Å². The van der Waals surface area contributed by atoms with Crippen molar-refractivity contribution in [3.63, 3.8) is 0 Å². The molecule has 0 bridgehead atoms. The molecule has 1 aromatic carbocycles. The smallest absolute Gasteiger partial charge is 0.215 e. The van der Waals surface area contributed by atoms with Crippen LogP contribution in [0.15, 0.2) is 24.3 Å². The summed E-state index contributed by atoms with van der Waals surface area (Å²) in [6.07, 6.45) is 0. The van der Waals surface area contributed by atoms with Gasteiger partial charge < -0.3 is 5.32 Å². The second-order valence-electron chi connectivity index (χ2n) is 3.72. The molecular weight excluding hydrogens is 238 g/mol. The summed E-state index contributed by atoms with van der Waals surface area (Å²) >= 11 is 0. The van der Waals surface area contributed by atoms with E-state index in [0.29, 0.717) is 12.1 Å². The molecule has 0 saturated carbocycles. The van der Waals surface area contributed by atoms with Crippen molar-refractivity contribution >= 4 is 15.7 Å². The Morgan fingerprint density at radius 2 is 2.12 bits per heavy atom. The van der Waals surface area contributed by atoms with Gasteiger partial charge >= 0.3 is 0 Å². The zero-order valence-electron chi connectivity index (χ0n) is 9.84. The molecule has 17 heavy (non-hydrogen) atoms. The number of nitriles is 1. The average molecular weight is 253 g/mol. The third-order valence-corrected chi connectivity index (χ3v) is 4.07. The van der Waals surface area contributed by atoms with Gasteiger partial charge in [-0.15, -0.1) is 0 Å². The minimum atomic E-state index is -3.18. The zero-order chi connectivity index (χ0) is 12.9. The second-order valence-corrected chi connectivity index (χ2v) is 6.02. The molecule has 0 saturated heterocycles. The Morgan fingerprint density at radius 1 is 1.41 bits per heavy atom. The number of anilines is 1. The first-order valence-corrected chi connectivity index (χ1v) is 6.71. The minimum absolute atomic E-state index is 0.0246. The van der Waals surface area contributed by atoms with Crippen LogP contribution in [0.2, 0.25) is 0 Å². The first-order valence-electron chi connectivity index (χ1n) is 5.10. The maximum absolute atomic E-state index is 11.5. The molecule has 1 aromatic rings. The van der Waals surface area contributed by atoms with E-state index in [-0.39, 0.29) is 5.75 Å². The molecule has 0 aliphatic rings. The van der Waals surface area contributed by atoms with E-state index in [1.807, 2.05) is 6.07 Å². The third kappa shape index (κ3) is 4.06. The van der Waals surface area contributed by atoms with Crippen LogP contribution in [0.5, 0.6) is 0 Å². The largest absolute Gasteiger partial charge is 0.384 e. The Balaban J connectivity index is 2.55. The van der Waals surface area contributed by atoms with Gasteiger partial charge in [-0.1, -0.05) is 6.07 Å². The Kier molecular flexibility index (Phi) is 4.49. The highest BCUT2D eigenvalue weighted by Crippen LogP contribution is 2.09. The molecule has 92 valence electrons. The molecule has 0 aromatic heterocycles. The lowest BCUT2D eigenvalue weighted by molar-refractivity contribution is 0.521. The number of sulfonamides is 1. The van der Waals surface area contributed by atoms with Crippen LogP contribution in [0.1, 0.15) is 5.56 Å². The molecule has 0 fully saturated rings. The molecule has 0 heterocycles. The summed E-state index contributed by atoms with van der Waals surface area (Å²) in [7, 11) is -0.167. The van der Waals surface area contributed by atoms with Gasteiger partial charge in [0.25, 0.3) is 0 Å². The van der Waals surface area contributed by atoms with Crippen molar-refractivity contribution < 1.29 is 8.42 Å². The van der Waals surface area contributed by atoms with Gasteiger partial charge in [0.05, 0.1) is 17.4 Å². The van der Waals surface area contributed by atoms with Crippen molar-refractivity contribution in [3.8, 4) is 6.07 Å². The molecule has 0 amide bonds. The van der Waals surface area contributed by atoms with Crippen molar-refractivity contribution in [2.24, 2.45) is 0 Å². The fraction of sp³-hybridized carbons (Fsp3) is 0.364. The lowest BCUT2D eigenvalue weighted by Crippen LogP contribution is -2.28. The first kappa shape index (κ1) is 13.5. The molecule has 0 atom stereocenters. The third-order valence-electron chi connectivity index (χ3n) is 2.24. The van der Waals surface area contributed by atoms with Crippen molar-refractivity contribution in [1.82, 2.24) is 4.31 Å². The van der Waals surface area contributed by atoms with E-state index in [0.717, 1.165) is 5.69 Å². The Labute approximate surface area is 102 Å². The number of hydrogen-bond acceptors (Lipinski definition) is 4. The lowest BCUT2D eigenvalue weighted by atomic mass is 10.2. The topological polar surface area (TPSA) is 73.2 Å². The highest BCUT2D eigenvalue weighted by molar-refractivity contribution is 7.89. The van der Waals surface area contributed by atoms with Crippen LogP contribution < -0.4 is 5.32 Å². The maximum atomic E-state index is 11.5. The van der Waals surface area contributed by atoms with Gasteiger partial charge in [0, 0.05) is 26.3 Å². The van der Waals surface area contributed by atoms with Gasteiger partial charge in [-0.2, -0.15) is 5.26 Å². The van der Waals surface area contributed by atoms with Gasteiger partial charge in [0.2, 0.25) is 10.0 Å². The van der Waals surface area contributed by atoms with Crippen molar-refractivity contribution in [3.05, 3.63) is 29.8 Å². The fourth-order valence-corrected chi connectivity index (χ4v) is 1.93. The van der Waals surface area contributed by atoms with Crippen molar-refractivity contribution in [2.45, 2.75) is 0 Å². The highest BCUT2D eigenvalue weighted by atomic mass is 32.2. The number of benzene rings is 1. The number of hydrogen-bond donors (Lipinski definition) is 1. The van der Waals surface area contributed by atoms with Gasteiger partial charge in [-0.3, -0.25) is 0 Å². The van der Waals surface area contributed by atoms with E-state index in [4.69, 9.17) is 5.26 Å². The molecule has 0 unspecified atom stereocenters. The van der Waals surface area contributed by atoms with Gasteiger partial charge in [0.1, 0.15) is 0 Å². The lowest BCUT2D eigenvalue weighted by Gasteiger charge is -2.12. The molecule has 5 nitrogen and oxygen atoms in total. The molecule has 0 aliphatic carbocycles. The molecule has 0 spiro atoms. The summed E-state index contributed by atoms with van der Waals surface area (Å²) in [5.41, 5.74) is 1.29. The zero-order valence-corrected chi connectivity index (χ0v) is 10.7. The van der Waals surface area contributed by atoms with Crippen LogP contribution >= 0.6 is 0 Å². The number of rotatable bonds is 5. The number of nitrogens with zero attached hydrogens (tertiary/aromatic N) is 2. The van der Waals surface area contributed by atoms with E-state index in [9.17, 15) is 8.42 Å². The Bertz CT molecular complexity index is 518. The predicted octanol–water partition coefficient (Wildman–Crippen LogP) is 0.862. The van der Waals surface area contributed by atoms with Crippen LogP contribution in [-0.2, 0) is 10.0 Å². The highest BCUT2D eigenvalue weighted by Gasteiger charge is 2.12. The minimum Gasteiger partial charge on any atom is -0.384 e. The SMILES string of the molecule is CN(C)S(=O)(=O)CCNc1cccc(C#N)c1. The first-order chi connectivity index (χ1) is 7.95. The van der Waals surface area contributed by atoms with Crippen LogP contribution in [0.4, 0.5) is 5.69 Å². The van der Waals surface area contributed by atoms with E-state index < -0.39 is 10.0 Å². The van der Waals surface area contributed by atoms with E-state index in [2.05, 4.69) is 5.32 Å². The quantitative estimate of drug-likeness (QED) is 0.844. The van der Waals surface area contributed by atoms with Gasteiger partial charge in [-0.05, 0) is 18.2 Å². The standard InChI is InChI=1S/C11H15N3O2S/c1-14(2)17(15,16)7-6-13-11-5-3-4-10(8-11)9-12/h3-5,8,13H,6-7H2,1-2H3. The van der Waals surface area contributed by atoms with Crippen LogP contribution in [0.3, 0.4) is 0 Å². The second kappa shape index (κ2) is 5.66. The predicted molar refractivity (Wildman–Crippen MR) is 67.1 cm³/mol. The maximum Gasteiger partial charge on any atom is 0.215 e. The molecule has 0 radical (unpaired) electrons. The van der Waals surface area contributed by atoms with Crippen molar-refractivity contribution in [1.29, 1.82) is 5.26 Å². The molecule has 1 N–H and O–H groups in total. The Morgan fingerprint density at radius 3 is 2.71 bits per heavy atom. The summed E-state index contributed by atoms with van der Waals surface area (Å²) in [6, 6.07) is 8.95. The van der Waals surface area contributed by atoms with E-state index in [1.54, 1.807) is 24.3 Å². The summed E-state index contributed by atoms with van der Waals surface area (Å²) in [5, 5.41) is 11.7. The van der Waals surface area contributed by atoms with Crippen LogP contribution in [-0.4, -0.2) is 39.1 Å². The van der Waals surface area contributed by atoms with Crippen LogP contribution in [0, 0.1) is 11.3 Å². The summed E-state index contributed by atoms with van der Waals surface area (Å²) in [4.78, 5) is 0. The van der Waals surface area contributed by atoms with Crippen LogP contribution in [0.25, 0.3) is 0 Å². The fourth-order valence-electron chi connectivity index (χ4n) is 1.21. The Hall–Kier alpha value is -1.58. The summed E-state index contributed by atoms with van der Waals surface area (Å²) < 4.78 is 24.1. The monoisotopic (exact) mass is 253 g/mol. The molecule has 1 rings (SSSR count). The summed E-state index contributed by atoms with van der Waals surface area (Å²) in [6.45, 7) is 0.315. The molecule has 0 aliphatic heterocycles. The summed E-state index contributed by atoms with van der Waals surface area (Å²) in [5.74, 6) is 0.0246.